The van der Waals surface area contributed by atoms with Crippen molar-refractivity contribution in [2.24, 2.45) is 5.41 Å². The maximum absolute atomic E-state index is 5.72. The highest BCUT2D eigenvalue weighted by molar-refractivity contribution is 6.17. The van der Waals surface area contributed by atoms with E-state index in [4.69, 9.17) is 16.0 Å². The van der Waals surface area contributed by atoms with Crippen LogP contribution in [0.25, 0.3) is 0 Å². The molecule has 0 aliphatic heterocycles. The molecule has 0 N–H and O–H groups in total. The van der Waals surface area contributed by atoms with Crippen molar-refractivity contribution in [1.29, 1.82) is 0 Å². The lowest BCUT2D eigenvalue weighted by Crippen LogP contribution is -2.15. The molecule has 0 aromatic carbocycles. The highest BCUT2D eigenvalue weighted by atomic mass is 35.5. The number of hydrogen-bond donors (Lipinski definition) is 0. The Hall–Kier alpha value is -0.570. The van der Waals surface area contributed by atoms with E-state index in [1.165, 1.54) is 19.3 Å². The van der Waals surface area contributed by atoms with Crippen LogP contribution in [0.1, 0.15) is 57.2 Å². The van der Waals surface area contributed by atoms with E-state index in [2.05, 4.69) is 24.0 Å². The van der Waals surface area contributed by atoms with Gasteiger partial charge < -0.3 is 4.42 Å². The molecule has 4 heteroatoms. The standard InChI is InChI=1S/C12H19ClN2O/c1-12(2)7-3-5-9(12)11-15-14-10(16-11)6-4-8-13/h9H,3-8H2,1-2H3. The van der Waals surface area contributed by atoms with Gasteiger partial charge in [0, 0.05) is 18.2 Å². The Bertz CT molecular complexity index is 349. The lowest BCUT2D eigenvalue weighted by Gasteiger charge is -2.23. The second-order valence-corrected chi connectivity index (χ2v) is 5.64. The van der Waals surface area contributed by atoms with Gasteiger partial charge in [-0.1, -0.05) is 20.3 Å². The maximum Gasteiger partial charge on any atom is 0.220 e. The molecule has 1 saturated carbocycles. The predicted octanol–water partition coefficient (Wildman–Crippen LogP) is 3.53. The van der Waals surface area contributed by atoms with Crippen molar-refractivity contribution in [1.82, 2.24) is 10.2 Å². The summed E-state index contributed by atoms with van der Waals surface area (Å²) in [6.45, 7) is 4.57. The van der Waals surface area contributed by atoms with Crippen LogP contribution in [0.5, 0.6) is 0 Å². The molecule has 16 heavy (non-hydrogen) atoms. The fourth-order valence-electron chi connectivity index (χ4n) is 2.51. The van der Waals surface area contributed by atoms with Crippen molar-refractivity contribution >= 4 is 11.6 Å². The smallest absolute Gasteiger partial charge is 0.220 e. The van der Waals surface area contributed by atoms with Crippen LogP contribution < -0.4 is 0 Å². The van der Waals surface area contributed by atoms with Crippen molar-refractivity contribution in [2.75, 3.05) is 5.88 Å². The summed E-state index contributed by atoms with van der Waals surface area (Å²) in [7, 11) is 0. The quantitative estimate of drug-likeness (QED) is 0.759. The number of rotatable bonds is 4. The predicted molar refractivity (Wildman–Crippen MR) is 63.7 cm³/mol. The average molecular weight is 243 g/mol. The zero-order chi connectivity index (χ0) is 11.6. The van der Waals surface area contributed by atoms with Crippen molar-refractivity contribution in [3.63, 3.8) is 0 Å². The van der Waals surface area contributed by atoms with E-state index in [-0.39, 0.29) is 0 Å². The molecular formula is C12H19ClN2O. The fraction of sp³-hybridized carbons (Fsp3) is 0.833. The summed E-state index contributed by atoms with van der Waals surface area (Å²) in [5.74, 6) is 2.64. The summed E-state index contributed by atoms with van der Waals surface area (Å²) in [6.07, 6.45) is 5.37. The Morgan fingerprint density at radius 3 is 2.88 bits per heavy atom. The zero-order valence-corrected chi connectivity index (χ0v) is 10.8. The van der Waals surface area contributed by atoms with E-state index in [9.17, 15) is 0 Å². The molecule has 1 aliphatic carbocycles. The summed E-state index contributed by atoms with van der Waals surface area (Å²) < 4.78 is 5.72. The van der Waals surface area contributed by atoms with Crippen LogP contribution in [0.15, 0.2) is 4.42 Å². The van der Waals surface area contributed by atoms with Crippen LogP contribution in [0.2, 0.25) is 0 Å². The van der Waals surface area contributed by atoms with Crippen molar-refractivity contribution in [3.05, 3.63) is 11.8 Å². The van der Waals surface area contributed by atoms with E-state index in [1.807, 2.05) is 0 Å². The Morgan fingerprint density at radius 2 is 2.25 bits per heavy atom. The Morgan fingerprint density at radius 1 is 1.44 bits per heavy atom. The molecule has 1 atom stereocenters. The fourth-order valence-corrected chi connectivity index (χ4v) is 2.64. The van der Waals surface area contributed by atoms with E-state index < -0.39 is 0 Å². The van der Waals surface area contributed by atoms with Gasteiger partial charge in [0.15, 0.2) is 0 Å². The average Bonchev–Trinajstić information content (AvgIpc) is 2.81. The van der Waals surface area contributed by atoms with E-state index in [1.54, 1.807) is 0 Å². The Balaban J connectivity index is 2.06. The number of nitrogens with zero attached hydrogens (tertiary/aromatic N) is 2. The van der Waals surface area contributed by atoms with Crippen molar-refractivity contribution < 1.29 is 4.42 Å². The van der Waals surface area contributed by atoms with Gasteiger partial charge in [0.1, 0.15) is 0 Å². The molecule has 1 aromatic heterocycles. The molecule has 1 aliphatic rings. The van der Waals surface area contributed by atoms with E-state index in [0.29, 0.717) is 17.2 Å². The van der Waals surface area contributed by atoms with Crippen LogP contribution in [-0.4, -0.2) is 16.1 Å². The molecule has 0 spiro atoms. The highest BCUT2D eigenvalue weighted by Gasteiger charge is 2.38. The van der Waals surface area contributed by atoms with Gasteiger partial charge in [-0.15, -0.1) is 21.8 Å². The van der Waals surface area contributed by atoms with Gasteiger partial charge in [0.25, 0.3) is 0 Å². The Kier molecular flexibility index (Phi) is 3.53. The van der Waals surface area contributed by atoms with E-state index in [0.717, 1.165) is 24.6 Å². The lowest BCUT2D eigenvalue weighted by atomic mass is 9.82. The van der Waals surface area contributed by atoms with Crippen molar-refractivity contribution in [3.8, 4) is 0 Å². The number of alkyl halides is 1. The minimum atomic E-state index is 0.302. The maximum atomic E-state index is 5.72. The molecule has 0 saturated heterocycles. The first kappa shape index (κ1) is 11.9. The first-order chi connectivity index (χ1) is 7.63. The van der Waals surface area contributed by atoms with Crippen LogP contribution >= 0.6 is 11.6 Å². The van der Waals surface area contributed by atoms with Gasteiger partial charge in [-0.2, -0.15) is 0 Å². The molecule has 1 aromatic rings. The molecule has 0 radical (unpaired) electrons. The zero-order valence-electron chi connectivity index (χ0n) is 10.0. The molecule has 0 amide bonds. The molecule has 90 valence electrons. The van der Waals surface area contributed by atoms with Gasteiger partial charge >= 0.3 is 0 Å². The summed E-state index contributed by atoms with van der Waals surface area (Å²) in [5, 5.41) is 8.28. The van der Waals surface area contributed by atoms with Gasteiger partial charge in [-0.3, -0.25) is 0 Å². The third-order valence-corrected chi connectivity index (χ3v) is 3.83. The second-order valence-electron chi connectivity index (χ2n) is 5.26. The topological polar surface area (TPSA) is 38.9 Å². The summed E-state index contributed by atoms with van der Waals surface area (Å²) in [6, 6.07) is 0. The highest BCUT2D eigenvalue weighted by Crippen LogP contribution is 2.48. The van der Waals surface area contributed by atoms with Gasteiger partial charge in [0.2, 0.25) is 11.8 Å². The van der Waals surface area contributed by atoms with Crippen LogP contribution in [0.3, 0.4) is 0 Å². The third kappa shape index (κ3) is 2.40. The van der Waals surface area contributed by atoms with Gasteiger partial charge in [-0.25, -0.2) is 0 Å². The Labute approximate surface area is 102 Å². The third-order valence-electron chi connectivity index (χ3n) is 3.56. The van der Waals surface area contributed by atoms with Crippen molar-refractivity contribution in [2.45, 2.75) is 51.9 Å². The normalized spacial score (nSPS) is 23.8. The first-order valence-corrected chi connectivity index (χ1v) is 6.55. The molecular weight excluding hydrogens is 224 g/mol. The molecule has 1 fully saturated rings. The SMILES string of the molecule is CC1(C)CCCC1c1nnc(CCCCl)o1. The number of aryl methyl sites for hydroxylation is 1. The van der Waals surface area contributed by atoms with Crippen LogP contribution in [0, 0.1) is 5.41 Å². The molecule has 2 rings (SSSR count). The molecule has 0 bridgehead atoms. The molecule has 1 unspecified atom stereocenters. The summed E-state index contributed by atoms with van der Waals surface area (Å²) >= 11 is 5.64. The van der Waals surface area contributed by atoms with Gasteiger partial charge in [0.05, 0.1) is 0 Å². The minimum Gasteiger partial charge on any atom is -0.425 e. The van der Waals surface area contributed by atoms with Gasteiger partial charge in [-0.05, 0) is 24.7 Å². The monoisotopic (exact) mass is 242 g/mol. The van der Waals surface area contributed by atoms with Crippen LogP contribution in [0.4, 0.5) is 0 Å². The molecule has 1 heterocycles. The number of aromatic nitrogens is 2. The summed E-state index contributed by atoms with van der Waals surface area (Å²) in [4.78, 5) is 0. The second kappa shape index (κ2) is 4.74. The lowest BCUT2D eigenvalue weighted by molar-refractivity contribution is 0.280. The summed E-state index contributed by atoms with van der Waals surface area (Å²) in [5.41, 5.74) is 0.302. The van der Waals surface area contributed by atoms with E-state index >= 15 is 0 Å². The number of hydrogen-bond acceptors (Lipinski definition) is 3. The first-order valence-electron chi connectivity index (χ1n) is 6.02. The largest absolute Gasteiger partial charge is 0.425 e. The number of halogens is 1. The minimum absolute atomic E-state index is 0.302. The molecule has 3 nitrogen and oxygen atoms in total. The van der Waals surface area contributed by atoms with Crippen LogP contribution in [-0.2, 0) is 6.42 Å².